The maximum atomic E-state index is 5.47. The van der Waals surface area contributed by atoms with Gasteiger partial charge in [-0.15, -0.1) is 11.3 Å². The second kappa shape index (κ2) is 7.21. The van der Waals surface area contributed by atoms with Gasteiger partial charge in [-0.25, -0.2) is 15.8 Å². The van der Waals surface area contributed by atoms with E-state index in [-0.39, 0.29) is 6.04 Å². The lowest BCUT2D eigenvalue weighted by atomic mass is 10.4. The van der Waals surface area contributed by atoms with Crippen molar-refractivity contribution >= 4 is 17.3 Å². The van der Waals surface area contributed by atoms with Crippen molar-refractivity contribution < 1.29 is 4.74 Å². The first-order valence-corrected chi connectivity index (χ1v) is 6.23. The number of nitrogens with two attached hydrogens (primary N) is 1. The quantitative estimate of drug-likeness (QED) is 0.346. The van der Waals surface area contributed by atoms with Gasteiger partial charge in [0.1, 0.15) is 0 Å². The number of hydrazine groups is 1. The van der Waals surface area contributed by atoms with E-state index in [2.05, 4.69) is 15.4 Å². The van der Waals surface area contributed by atoms with Gasteiger partial charge in [0.25, 0.3) is 0 Å². The molecule has 1 unspecified atom stereocenters. The zero-order chi connectivity index (χ0) is 12.7. The van der Waals surface area contributed by atoms with Crippen LogP contribution >= 0.6 is 11.3 Å². The van der Waals surface area contributed by atoms with Crippen LogP contribution in [0.15, 0.2) is 15.9 Å². The van der Waals surface area contributed by atoms with Crippen LogP contribution in [-0.2, 0) is 11.3 Å². The second-order valence-corrected chi connectivity index (χ2v) is 4.46. The maximum absolute atomic E-state index is 5.47. The molecule has 6 nitrogen and oxygen atoms in total. The van der Waals surface area contributed by atoms with Gasteiger partial charge in [-0.1, -0.05) is 0 Å². The molecule has 1 heterocycles. The summed E-state index contributed by atoms with van der Waals surface area (Å²) in [6, 6.07) is 0.0592. The Morgan fingerprint density at radius 2 is 2.53 bits per heavy atom. The summed E-state index contributed by atoms with van der Waals surface area (Å²) in [5.41, 5.74) is 5.41. The van der Waals surface area contributed by atoms with Crippen molar-refractivity contribution in [2.45, 2.75) is 19.5 Å². The molecule has 17 heavy (non-hydrogen) atoms. The Labute approximate surface area is 105 Å². The fraction of sp³-hybridized carbons (Fsp3) is 0.600. The number of aliphatic imine (C=N–C) groups is 1. The van der Waals surface area contributed by atoms with Gasteiger partial charge in [0.05, 0.1) is 30.4 Å². The molecule has 7 heteroatoms. The Balaban J connectivity index is 2.60. The van der Waals surface area contributed by atoms with Crippen LogP contribution in [0.3, 0.4) is 0 Å². The number of ether oxygens (including phenoxy) is 1. The van der Waals surface area contributed by atoms with E-state index in [0.29, 0.717) is 19.1 Å². The number of nitrogens with one attached hydrogen (secondary N) is 1. The molecule has 0 aliphatic rings. The van der Waals surface area contributed by atoms with Crippen molar-refractivity contribution in [3.8, 4) is 0 Å². The van der Waals surface area contributed by atoms with Crippen molar-refractivity contribution in [3.05, 3.63) is 16.6 Å². The summed E-state index contributed by atoms with van der Waals surface area (Å²) in [5, 5.41) is 2.00. The lowest BCUT2D eigenvalue weighted by molar-refractivity contribution is 0.185. The number of rotatable bonds is 5. The van der Waals surface area contributed by atoms with Crippen LogP contribution in [0.2, 0.25) is 0 Å². The Morgan fingerprint density at radius 1 is 1.76 bits per heavy atom. The molecule has 0 aliphatic heterocycles. The summed E-state index contributed by atoms with van der Waals surface area (Å²) in [6.45, 7) is 3.21. The summed E-state index contributed by atoms with van der Waals surface area (Å²) >= 11 is 1.57. The second-order valence-electron chi connectivity index (χ2n) is 3.74. The van der Waals surface area contributed by atoms with Gasteiger partial charge in [-0.2, -0.15) is 0 Å². The average molecular weight is 257 g/mol. The van der Waals surface area contributed by atoms with E-state index < -0.39 is 0 Å². The monoisotopic (exact) mass is 257 g/mol. The molecule has 0 aromatic carbocycles. The highest BCUT2D eigenvalue weighted by atomic mass is 32.1. The fourth-order valence-corrected chi connectivity index (χ4v) is 1.92. The predicted octanol–water partition coefficient (Wildman–Crippen LogP) is 0.429. The van der Waals surface area contributed by atoms with Crippen LogP contribution in [0, 0.1) is 0 Å². The minimum Gasteiger partial charge on any atom is -0.382 e. The van der Waals surface area contributed by atoms with Gasteiger partial charge in [0.2, 0.25) is 5.96 Å². The molecule has 0 fully saturated rings. The van der Waals surface area contributed by atoms with E-state index in [0.717, 1.165) is 5.69 Å². The number of methoxy groups -OCH3 is 1. The highest BCUT2D eigenvalue weighted by Crippen LogP contribution is 2.04. The number of hydrogen-bond donors (Lipinski definition) is 2. The lowest BCUT2D eigenvalue weighted by Gasteiger charge is -2.20. The molecule has 96 valence electrons. The van der Waals surface area contributed by atoms with Gasteiger partial charge in [0, 0.05) is 19.5 Å². The molecule has 0 amide bonds. The molecule has 0 aliphatic carbocycles. The zero-order valence-corrected chi connectivity index (χ0v) is 11.2. The first-order valence-electron chi connectivity index (χ1n) is 5.29. The smallest absolute Gasteiger partial charge is 0.208 e. The Bertz CT molecular complexity index is 340. The first-order chi connectivity index (χ1) is 8.17. The Morgan fingerprint density at radius 3 is 3.06 bits per heavy atom. The van der Waals surface area contributed by atoms with Crippen LogP contribution in [-0.4, -0.2) is 42.6 Å². The van der Waals surface area contributed by atoms with Crippen molar-refractivity contribution in [2.24, 2.45) is 10.8 Å². The van der Waals surface area contributed by atoms with Crippen LogP contribution in [0.25, 0.3) is 0 Å². The molecular weight excluding hydrogens is 238 g/mol. The zero-order valence-electron chi connectivity index (χ0n) is 10.4. The summed E-state index contributed by atoms with van der Waals surface area (Å²) in [4.78, 5) is 10.6. The molecular formula is C10H19N5OS. The molecule has 0 spiro atoms. The third-order valence-corrected chi connectivity index (χ3v) is 2.76. The number of guanidine groups is 1. The molecule has 0 saturated carbocycles. The number of thiazole rings is 1. The Hall–Kier alpha value is -1.18. The van der Waals surface area contributed by atoms with Gasteiger partial charge in [-0.3, -0.25) is 5.43 Å². The third-order valence-electron chi connectivity index (χ3n) is 2.12. The molecule has 1 atom stereocenters. The highest BCUT2D eigenvalue weighted by Gasteiger charge is 2.09. The van der Waals surface area contributed by atoms with Crippen molar-refractivity contribution in [1.29, 1.82) is 0 Å². The van der Waals surface area contributed by atoms with Crippen molar-refractivity contribution in [1.82, 2.24) is 15.3 Å². The van der Waals surface area contributed by atoms with Gasteiger partial charge >= 0.3 is 0 Å². The number of hydrogen-bond acceptors (Lipinski definition) is 5. The van der Waals surface area contributed by atoms with Crippen LogP contribution in [0.4, 0.5) is 0 Å². The molecule has 0 bridgehead atoms. The molecule has 0 saturated heterocycles. The van der Waals surface area contributed by atoms with E-state index in [9.17, 15) is 0 Å². The SMILES string of the molecule is COCC(C)N=C(NN)N(C)Cc1cscn1. The minimum absolute atomic E-state index is 0.0592. The number of aromatic nitrogens is 1. The lowest BCUT2D eigenvalue weighted by Crippen LogP contribution is -2.43. The third kappa shape index (κ3) is 4.68. The normalized spacial score (nSPS) is 13.5. The summed E-state index contributed by atoms with van der Waals surface area (Å²) in [7, 11) is 3.57. The standard InChI is InChI=1S/C10H19N5OS/c1-8(5-16-3)13-10(14-11)15(2)4-9-6-17-7-12-9/h6-8H,4-5,11H2,1-3H3,(H,13,14). The molecule has 1 aromatic heterocycles. The van der Waals surface area contributed by atoms with E-state index in [1.165, 1.54) is 0 Å². The fourth-order valence-electron chi connectivity index (χ4n) is 1.37. The number of nitrogens with zero attached hydrogens (tertiary/aromatic N) is 3. The van der Waals surface area contributed by atoms with Gasteiger partial charge in [-0.05, 0) is 6.92 Å². The van der Waals surface area contributed by atoms with Crippen molar-refractivity contribution in [3.63, 3.8) is 0 Å². The molecule has 3 N–H and O–H groups in total. The topological polar surface area (TPSA) is 75.8 Å². The largest absolute Gasteiger partial charge is 0.382 e. The van der Waals surface area contributed by atoms with Gasteiger partial charge < -0.3 is 9.64 Å². The minimum atomic E-state index is 0.0592. The van der Waals surface area contributed by atoms with Crippen LogP contribution < -0.4 is 11.3 Å². The summed E-state index contributed by atoms with van der Waals surface area (Å²) < 4.78 is 5.03. The summed E-state index contributed by atoms with van der Waals surface area (Å²) in [6.07, 6.45) is 0. The van der Waals surface area contributed by atoms with E-state index in [1.54, 1.807) is 18.4 Å². The average Bonchev–Trinajstić information content (AvgIpc) is 2.78. The van der Waals surface area contributed by atoms with Crippen LogP contribution in [0.5, 0.6) is 0 Å². The highest BCUT2D eigenvalue weighted by molar-refractivity contribution is 7.07. The van der Waals surface area contributed by atoms with Gasteiger partial charge in [0.15, 0.2) is 0 Å². The summed E-state index contributed by atoms with van der Waals surface area (Å²) in [5.74, 6) is 6.09. The van der Waals surface area contributed by atoms with E-state index in [1.807, 2.05) is 29.8 Å². The maximum Gasteiger partial charge on any atom is 0.208 e. The first kappa shape index (κ1) is 13.9. The molecule has 1 rings (SSSR count). The molecule has 1 aromatic rings. The van der Waals surface area contributed by atoms with Crippen LogP contribution in [0.1, 0.15) is 12.6 Å². The Kier molecular flexibility index (Phi) is 5.88. The van der Waals surface area contributed by atoms with E-state index in [4.69, 9.17) is 10.6 Å². The van der Waals surface area contributed by atoms with E-state index >= 15 is 0 Å². The molecule has 0 radical (unpaired) electrons. The predicted molar refractivity (Wildman–Crippen MR) is 69.7 cm³/mol. The van der Waals surface area contributed by atoms with Crippen molar-refractivity contribution in [2.75, 3.05) is 20.8 Å².